The lowest BCUT2D eigenvalue weighted by Crippen LogP contribution is -2.31. The van der Waals surface area contributed by atoms with E-state index < -0.39 is 11.9 Å². The molecule has 0 radical (unpaired) electrons. The average Bonchev–Trinajstić information content (AvgIpc) is 3.51. The number of hydrogen-bond acceptors (Lipinski definition) is 7. The van der Waals surface area contributed by atoms with Gasteiger partial charge in [-0.3, -0.25) is 4.68 Å². The number of halogens is 3. The van der Waals surface area contributed by atoms with Gasteiger partial charge in [-0.25, -0.2) is 4.98 Å². The van der Waals surface area contributed by atoms with Gasteiger partial charge < -0.3 is 15.5 Å². The van der Waals surface area contributed by atoms with E-state index >= 15 is 0 Å². The second kappa shape index (κ2) is 10.9. The standard InChI is InChI=1S/C27H32F3N7S/c1-36(2)25-20-6-4-5-7-21(20)33-26(34-25)32-18-10-8-17(9-11-18)15-31-16-19-12-13-23(38-19)22-14-24(27(28,29)30)37(3)35-22/h4-7,12-14,17-18,31H,8-11,15-16H2,1-3H3,(H,32,33,34). The summed E-state index contributed by atoms with van der Waals surface area (Å²) in [4.78, 5) is 13.3. The summed E-state index contributed by atoms with van der Waals surface area (Å²) in [6.45, 7) is 1.61. The average molecular weight is 544 g/mol. The van der Waals surface area contributed by atoms with Crippen LogP contribution in [0.3, 0.4) is 0 Å². The maximum atomic E-state index is 13.1. The van der Waals surface area contributed by atoms with Crippen LogP contribution in [0.1, 0.15) is 36.3 Å². The number of alkyl halides is 3. The number of rotatable bonds is 8. The molecule has 0 saturated heterocycles. The van der Waals surface area contributed by atoms with Crippen LogP contribution in [0, 0.1) is 5.92 Å². The van der Waals surface area contributed by atoms with Crippen LogP contribution in [0.25, 0.3) is 21.5 Å². The van der Waals surface area contributed by atoms with Crippen molar-refractivity contribution in [1.29, 1.82) is 0 Å². The van der Waals surface area contributed by atoms with Gasteiger partial charge in [0.1, 0.15) is 17.2 Å². The first-order valence-electron chi connectivity index (χ1n) is 12.8. The number of para-hydroxylation sites is 1. The molecule has 38 heavy (non-hydrogen) atoms. The van der Waals surface area contributed by atoms with E-state index in [1.165, 1.54) is 18.4 Å². The molecule has 3 aromatic heterocycles. The summed E-state index contributed by atoms with van der Waals surface area (Å²) in [5.41, 5.74) is 0.554. The topological polar surface area (TPSA) is 70.9 Å². The van der Waals surface area contributed by atoms with Crippen molar-refractivity contribution in [1.82, 2.24) is 25.1 Å². The maximum Gasteiger partial charge on any atom is 0.433 e. The molecule has 1 aliphatic carbocycles. The van der Waals surface area contributed by atoms with E-state index in [-0.39, 0.29) is 0 Å². The Balaban J connectivity index is 1.10. The number of anilines is 2. The summed E-state index contributed by atoms with van der Waals surface area (Å²) >= 11 is 1.48. The largest absolute Gasteiger partial charge is 0.433 e. The number of aryl methyl sites for hydroxylation is 1. The fourth-order valence-corrected chi connectivity index (χ4v) is 5.96. The normalized spacial score (nSPS) is 18.2. The molecule has 11 heteroatoms. The van der Waals surface area contributed by atoms with E-state index in [0.717, 1.165) is 69.5 Å². The van der Waals surface area contributed by atoms with Crippen molar-refractivity contribution in [3.63, 3.8) is 0 Å². The molecule has 3 heterocycles. The molecule has 1 fully saturated rings. The summed E-state index contributed by atoms with van der Waals surface area (Å²) in [6, 6.07) is 13.3. The molecule has 1 saturated carbocycles. The Kier molecular flexibility index (Phi) is 7.58. The first-order valence-corrected chi connectivity index (χ1v) is 13.6. The van der Waals surface area contributed by atoms with Gasteiger partial charge in [-0.15, -0.1) is 11.3 Å². The molecule has 0 amide bonds. The number of thiophene rings is 1. The van der Waals surface area contributed by atoms with Crippen molar-refractivity contribution in [2.45, 2.75) is 44.4 Å². The summed E-state index contributed by atoms with van der Waals surface area (Å²) in [6.07, 6.45) is -0.0620. The van der Waals surface area contributed by atoms with Crippen molar-refractivity contribution < 1.29 is 13.2 Å². The van der Waals surface area contributed by atoms with E-state index in [4.69, 9.17) is 9.97 Å². The Morgan fingerprint density at radius 2 is 1.82 bits per heavy atom. The Labute approximate surface area is 224 Å². The molecule has 0 atom stereocenters. The van der Waals surface area contributed by atoms with Crippen LogP contribution >= 0.6 is 11.3 Å². The number of benzene rings is 1. The quantitative estimate of drug-likeness (QED) is 0.287. The van der Waals surface area contributed by atoms with Gasteiger partial charge in [-0.1, -0.05) is 12.1 Å². The minimum atomic E-state index is -4.41. The second-order valence-corrected chi connectivity index (χ2v) is 11.2. The minimum absolute atomic E-state index is 0.349. The lowest BCUT2D eigenvalue weighted by molar-refractivity contribution is -0.143. The number of nitrogens with one attached hydrogen (secondary N) is 2. The third-order valence-electron chi connectivity index (χ3n) is 7.00. The van der Waals surface area contributed by atoms with Crippen LogP contribution in [0.5, 0.6) is 0 Å². The fraction of sp³-hybridized carbons (Fsp3) is 0.444. The number of nitrogens with zero attached hydrogens (tertiary/aromatic N) is 5. The van der Waals surface area contributed by atoms with Gasteiger partial charge in [0.25, 0.3) is 0 Å². The van der Waals surface area contributed by atoms with E-state index in [1.807, 2.05) is 55.4 Å². The molecule has 0 aliphatic heterocycles. The molecular weight excluding hydrogens is 511 g/mol. The van der Waals surface area contributed by atoms with Gasteiger partial charge in [0.2, 0.25) is 5.95 Å². The van der Waals surface area contributed by atoms with Crippen LogP contribution in [-0.2, 0) is 19.8 Å². The Morgan fingerprint density at radius 3 is 2.53 bits per heavy atom. The van der Waals surface area contributed by atoms with Gasteiger partial charge in [0.15, 0.2) is 0 Å². The van der Waals surface area contributed by atoms with Crippen molar-refractivity contribution in [3.8, 4) is 10.6 Å². The van der Waals surface area contributed by atoms with Crippen LogP contribution in [0.2, 0.25) is 0 Å². The number of aromatic nitrogens is 4. The van der Waals surface area contributed by atoms with E-state index in [1.54, 1.807) is 0 Å². The Hall–Kier alpha value is -3.18. The smallest absolute Gasteiger partial charge is 0.362 e. The molecule has 2 N–H and O–H groups in total. The second-order valence-electron chi connectivity index (χ2n) is 10.1. The van der Waals surface area contributed by atoms with Crippen LogP contribution in [-0.4, -0.2) is 46.4 Å². The van der Waals surface area contributed by atoms with Gasteiger partial charge in [0.05, 0.1) is 10.4 Å². The third kappa shape index (κ3) is 5.94. The molecular formula is C27H32F3N7S. The zero-order valence-electron chi connectivity index (χ0n) is 21.7. The molecule has 202 valence electrons. The minimum Gasteiger partial charge on any atom is -0.362 e. The molecule has 1 aliphatic rings. The van der Waals surface area contributed by atoms with Crippen LogP contribution in [0.15, 0.2) is 42.5 Å². The van der Waals surface area contributed by atoms with Gasteiger partial charge in [-0.2, -0.15) is 23.3 Å². The third-order valence-corrected chi connectivity index (χ3v) is 8.11. The predicted molar refractivity (Wildman–Crippen MR) is 146 cm³/mol. The lowest BCUT2D eigenvalue weighted by Gasteiger charge is -2.29. The van der Waals surface area contributed by atoms with Crippen LogP contribution in [0.4, 0.5) is 24.9 Å². The highest BCUT2D eigenvalue weighted by Gasteiger charge is 2.35. The lowest BCUT2D eigenvalue weighted by atomic mass is 9.86. The first kappa shape index (κ1) is 26.4. The maximum absolute atomic E-state index is 13.1. The number of fused-ring (bicyclic) bond motifs is 1. The Bertz CT molecular complexity index is 1390. The molecule has 0 spiro atoms. The molecule has 0 unspecified atom stereocenters. The van der Waals surface area contributed by atoms with Crippen molar-refractivity contribution >= 4 is 34.0 Å². The monoisotopic (exact) mass is 543 g/mol. The SMILES string of the molecule is CN(C)c1nc(NC2CCC(CNCc3ccc(-c4cc(C(F)(F)F)n(C)n4)s3)CC2)nc2ccccc12. The van der Waals surface area contributed by atoms with Crippen molar-refractivity contribution in [2.24, 2.45) is 13.0 Å². The van der Waals surface area contributed by atoms with Gasteiger partial charge in [0, 0.05) is 44.0 Å². The zero-order valence-corrected chi connectivity index (χ0v) is 22.5. The Morgan fingerprint density at radius 1 is 1.05 bits per heavy atom. The summed E-state index contributed by atoms with van der Waals surface area (Å²) in [5.74, 6) is 2.18. The highest BCUT2D eigenvalue weighted by atomic mass is 32.1. The molecule has 4 aromatic rings. The molecule has 0 bridgehead atoms. The molecule has 1 aromatic carbocycles. The highest BCUT2D eigenvalue weighted by molar-refractivity contribution is 7.15. The van der Waals surface area contributed by atoms with Crippen molar-refractivity contribution in [2.75, 3.05) is 30.9 Å². The molecule has 7 nitrogen and oxygen atoms in total. The summed E-state index contributed by atoms with van der Waals surface area (Å²) < 4.78 is 40.1. The predicted octanol–water partition coefficient (Wildman–Crippen LogP) is 5.94. The van der Waals surface area contributed by atoms with E-state index in [9.17, 15) is 13.2 Å². The van der Waals surface area contributed by atoms with Crippen LogP contribution < -0.4 is 15.5 Å². The summed E-state index contributed by atoms with van der Waals surface area (Å²) in [5, 5.41) is 12.2. The molecule has 5 rings (SSSR count). The van der Waals surface area contributed by atoms with Gasteiger partial charge in [-0.05, 0) is 68.5 Å². The summed E-state index contributed by atoms with van der Waals surface area (Å²) in [7, 11) is 5.31. The van der Waals surface area contributed by atoms with Gasteiger partial charge >= 0.3 is 6.18 Å². The van der Waals surface area contributed by atoms with E-state index in [0.29, 0.717) is 30.1 Å². The van der Waals surface area contributed by atoms with E-state index in [2.05, 4.69) is 15.7 Å². The number of hydrogen-bond donors (Lipinski definition) is 2. The first-order chi connectivity index (χ1) is 18.2. The fourth-order valence-electron chi connectivity index (χ4n) is 5.02. The van der Waals surface area contributed by atoms with Crippen molar-refractivity contribution in [3.05, 3.63) is 53.0 Å². The zero-order chi connectivity index (χ0) is 26.9. The highest BCUT2D eigenvalue weighted by Crippen LogP contribution is 2.34.